The van der Waals surface area contributed by atoms with Crippen LogP contribution in [0.5, 0.6) is 5.75 Å². The van der Waals surface area contributed by atoms with E-state index in [1.807, 2.05) is 17.0 Å². The van der Waals surface area contributed by atoms with Crippen LogP contribution in [0.4, 0.5) is 0 Å². The fourth-order valence-electron chi connectivity index (χ4n) is 7.13. The molecular formula is C34H43NO4Si. The van der Waals surface area contributed by atoms with Crippen molar-refractivity contribution in [3.63, 3.8) is 0 Å². The molecule has 3 aromatic rings. The van der Waals surface area contributed by atoms with Crippen molar-refractivity contribution >= 4 is 19.2 Å². The maximum atomic E-state index is 14.0. The van der Waals surface area contributed by atoms with Crippen molar-refractivity contribution in [1.82, 2.24) is 4.90 Å². The molecule has 0 bridgehead atoms. The second kappa shape index (κ2) is 12.3. The number of amides is 1. The van der Waals surface area contributed by atoms with E-state index in [-0.39, 0.29) is 36.3 Å². The monoisotopic (exact) mass is 557 g/mol. The van der Waals surface area contributed by atoms with E-state index in [0.29, 0.717) is 25.3 Å². The van der Waals surface area contributed by atoms with E-state index in [2.05, 4.69) is 86.7 Å². The van der Waals surface area contributed by atoms with Crippen LogP contribution in [-0.2, 0) is 28.9 Å². The van der Waals surface area contributed by atoms with E-state index < -0.39 is 8.07 Å². The molecule has 5 atom stereocenters. The Morgan fingerprint density at radius 3 is 2.33 bits per heavy atom. The van der Waals surface area contributed by atoms with Crippen molar-refractivity contribution < 1.29 is 19.4 Å². The van der Waals surface area contributed by atoms with Crippen LogP contribution in [0.25, 0.3) is 0 Å². The molecule has 5 rings (SSSR count). The number of aryl methyl sites for hydroxylation is 1. The third-order valence-corrected chi connectivity index (χ3v) is 13.8. The maximum absolute atomic E-state index is 14.0. The normalized spacial score (nSPS) is 24.5. The first kappa shape index (κ1) is 28.6. The van der Waals surface area contributed by atoms with Crippen molar-refractivity contribution in [3.8, 4) is 5.75 Å². The number of rotatable bonds is 9. The number of benzene rings is 3. The SMILES string of the molecule is COc1ccc([Si](C)(C)[C@H]2[C@H](C)[C@H](CCc3ccccc3)O[C@@H]2CC(=O)N2Cc3ccccc3C[C@H]2CO)cc1. The summed E-state index contributed by atoms with van der Waals surface area (Å²) in [5, 5.41) is 11.6. The maximum Gasteiger partial charge on any atom is 0.225 e. The van der Waals surface area contributed by atoms with Crippen LogP contribution in [0, 0.1) is 5.92 Å². The van der Waals surface area contributed by atoms with Crippen LogP contribution in [0.15, 0.2) is 78.9 Å². The molecule has 6 heteroatoms. The van der Waals surface area contributed by atoms with E-state index in [4.69, 9.17) is 9.47 Å². The second-order valence-corrected chi connectivity index (χ2v) is 16.8. The van der Waals surface area contributed by atoms with Gasteiger partial charge in [-0.15, -0.1) is 0 Å². The van der Waals surface area contributed by atoms with E-state index in [9.17, 15) is 9.90 Å². The van der Waals surface area contributed by atoms with E-state index >= 15 is 0 Å². The molecule has 0 saturated carbocycles. The number of hydrogen-bond donors (Lipinski definition) is 1. The number of methoxy groups -OCH3 is 1. The lowest BCUT2D eigenvalue weighted by Gasteiger charge is -2.39. The lowest BCUT2D eigenvalue weighted by Crippen LogP contribution is -2.52. The summed E-state index contributed by atoms with van der Waals surface area (Å²) in [4.78, 5) is 15.8. The van der Waals surface area contributed by atoms with Crippen molar-refractivity contribution in [3.05, 3.63) is 95.6 Å². The Morgan fingerprint density at radius 1 is 0.975 bits per heavy atom. The summed E-state index contributed by atoms with van der Waals surface area (Å²) in [5.41, 5.74) is 4.00. The van der Waals surface area contributed by atoms with Crippen LogP contribution in [0.2, 0.25) is 18.6 Å². The van der Waals surface area contributed by atoms with E-state index in [1.54, 1.807) is 7.11 Å². The van der Waals surface area contributed by atoms with E-state index in [0.717, 1.165) is 18.6 Å². The summed E-state index contributed by atoms with van der Waals surface area (Å²) in [5.74, 6) is 1.28. The third-order valence-electron chi connectivity index (χ3n) is 9.39. The van der Waals surface area contributed by atoms with Gasteiger partial charge in [-0.3, -0.25) is 4.79 Å². The number of carbonyl (C=O) groups is 1. The summed E-state index contributed by atoms with van der Waals surface area (Å²) < 4.78 is 12.3. The minimum absolute atomic E-state index is 0.0305. The number of aliphatic hydroxyl groups is 1. The predicted octanol–water partition coefficient (Wildman–Crippen LogP) is 5.35. The van der Waals surface area contributed by atoms with Gasteiger partial charge in [0, 0.05) is 6.54 Å². The molecule has 2 aliphatic heterocycles. The van der Waals surface area contributed by atoms with Gasteiger partial charge in [-0.2, -0.15) is 0 Å². The molecular weight excluding hydrogens is 514 g/mol. The molecule has 0 spiro atoms. The summed E-state index contributed by atoms with van der Waals surface area (Å²) in [7, 11) is -0.362. The molecule has 3 aromatic carbocycles. The van der Waals surface area contributed by atoms with E-state index in [1.165, 1.54) is 21.9 Å². The largest absolute Gasteiger partial charge is 0.497 e. The molecule has 1 saturated heterocycles. The minimum atomic E-state index is -2.06. The van der Waals surface area contributed by atoms with Gasteiger partial charge in [0.05, 0.1) is 46.5 Å². The molecule has 0 radical (unpaired) electrons. The molecule has 2 heterocycles. The summed E-state index contributed by atoms with van der Waals surface area (Å²) in [6.45, 7) is 7.69. The van der Waals surface area contributed by atoms with Crippen molar-refractivity contribution in [2.24, 2.45) is 5.92 Å². The van der Waals surface area contributed by atoms with Crippen LogP contribution in [0.3, 0.4) is 0 Å². The summed E-state index contributed by atoms with van der Waals surface area (Å²) in [6.07, 6.45) is 2.89. The first-order chi connectivity index (χ1) is 19.3. The van der Waals surface area contributed by atoms with Crippen LogP contribution in [0.1, 0.15) is 36.5 Å². The Labute approximate surface area is 240 Å². The Balaban J connectivity index is 1.39. The second-order valence-electron chi connectivity index (χ2n) is 12.1. The molecule has 0 aromatic heterocycles. The third kappa shape index (κ3) is 5.90. The number of ether oxygens (including phenoxy) is 2. The first-order valence-corrected chi connectivity index (χ1v) is 17.7. The fourth-order valence-corrected chi connectivity index (χ4v) is 11.2. The highest BCUT2D eigenvalue weighted by molar-refractivity contribution is 6.91. The highest BCUT2D eigenvalue weighted by Gasteiger charge is 2.51. The van der Waals surface area contributed by atoms with Gasteiger partial charge in [0.25, 0.3) is 0 Å². The van der Waals surface area contributed by atoms with Gasteiger partial charge in [-0.1, -0.05) is 91.9 Å². The van der Waals surface area contributed by atoms with Gasteiger partial charge in [-0.05, 0) is 59.5 Å². The van der Waals surface area contributed by atoms with Crippen molar-refractivity contribution in [1.29, 1.82) is 0 Å². The van der Waals surface area contributed by atoms with Gasteiger partial charge in [0.15, 0.2) is 0 Å². The van der Waals surface area contributed by atoms with Crippen LogP contribution >= 0.6 is 0 Å². The van der Waals surface area contributed by atoms with Gasteiger partial charge in [0.2, 0.25) is 5.91 Å². The summed E-state index contributed by atoms with van der Waals surface area (Å²) >= 11 is 0. The average molecular weight is 558 g/mol. The highest BCUT2D eigenvalue weighted by atomic mass is 28.3. The zero-order valence-corrected chi connectivity index (χ0v) is 25.3. The molecule has 1 amide bonds. The first-order valence-electron chi connectivity index (χ1n) is 14.6. The summed E-state index contributed by atoms with van der Waals surface area (Å²) in [6, 6.07) is 27.2. The molecule has 40 heavy (non-hydrogen) atoms. The molecule has 1 fully saturated rings. The fraction of sp³-hybridized carbons (Fsp3) is 0.441. The zero-order chi connectivity index (χ0) is 28.3. The van der Waals surface area contributed by atoms with Crippen LogP contribution < -0.4 is 9.92 Å². The van der Waals surface area contributed by atoms with Crippen LogP contribution in [-0.4, -0.2) is 56.0 Å². The Bertz CT molecular complexity index is 1280. The van der Waals surface area contributed by atoms with Gasteiger partial charge in [-0.25, -0.2) is 0 Å². The van der Waals surface area contributed by atoms with Crippen molar-refractivity contribution in [2.45, 2.75) is 76.0 Å². The number of fused-ring (bicyclic) bond motifs is 1. The minimum Gasteiger partial charge on any atom is -0.497 e. The van der Waals surface area contributed by atoms with Gasteiger partial charge < -0.3 is 19.5 Å². The Morgan fingerprint density at radius 2 is 1.65 bits per heavy atom. The van der Waals surface area contributed by atoms with Gasteiger partial charge >= 0.3 is 0 Å². The van der Waals surface area contributed by atoms with Crippen molar-refractivity contribution in [2.75, 3.05) is 13.7 Å². The Kier molecular flexibility index (Phi) is 8.79. The highest BCUT2D eigenvalue weighted by Crippen LogP contribution is 2.46. The number of nitrogens with zero attached hydrogens (tertiary/aromatic N) is 1. The molecule has 0 unspecified atom stereocenters. The average Bonchev–Trinajstić information content (AvgIpc) is 3.30. The number of hydrogen-bond acceptors (Lipinski definition) is 4. The zero-order valence-electron chi connectivity index (χ0n) is 24.3. The smallest absolute Gasteiger partial charge is 0.225 e. The molecule has 1 N–H and O–H groups in total. The van der Waals surface area contributed by atoms with Gasteiger partial charge in [0.1, 0.15) is 5.75 Å². The molecule has 0 aliphatic carbocycles. The number of carbonyl (C=O) groups excluding carboxylic acids is 1. The quantitative estimate of drug-likeness (QED) is 0.360. The predicted molar refractivity (Wildman–Crippen MR) is 163 cm³/mol. The molecule has 5 nitrogen and oxygen atoms in total. The topological polar surface area (TPSA) is 59.0 Å². The number of aliphatic hydroxyl groups excluding tert-OH is 1. The lowest BCUT2D eigenvalue weighted by molar-refractivity contribution is -0.138. The Hall–Kier alpha value is -2.93. The molecule has 212 valence electrons. The standard InChI is InChI=1S/C34H43NO4Si/c1-24-31(19-14-25-10-6-5-7-11-25)39-32(34(24)40(3,4)30-17-15-29(38-2)16-18-30)21-33(37)35-22-27-13-9-8-12-26(27)20-28(35)23-36/h5-13,15-18,24,28,31-32,34,36H,14,19-23H2,1-4H3/t24-,28+,31+,32-,34+/m1/s1. The molecule has 2 aliphatic rings. The lowest BCUT2D eigenvalue weighted by atomic mass is 9.93.